The van der Waals surface area contributed by atoms with E-state index in [1.165, 1.54) is 46.8 Å². The molecule has 144 valence electrons. The molecule has 0 saturated heterocycles. The van der Waals surface area contributed by atoms with Gasteiger partial charge in [0, 0.05) is 6.08 Å². The Labute approximate surface area is 162 Å². The van der Waals surface area contributed by atoms with Crippen LogP contribution in [0, 0.1) is 0 Å². The summed E-state index contributed by atoms with van der Waals surface area (Å²) in [6.45, 7) is 10.4. The summed E-state index contributed by atoms with van der Waals surface area (Å²) in [5, 5.41) is 8.90. The van der Waals surface area contributed by atoms with Crippen LogP contribution in [0.15, 0.2) is 47.6 Å². The first kappa shape index (κ1) is 19.6. The molecule has 1 aliphatic carbocycles. The highest BCUT2D eigenvalue weighted by Crippen LogP contribution is 2.48. The summed E-state index contributed by atoms with van der Waals surface area (Å²) < 4.78 is 6.30. The van der Waals surface area contributed by atoms with Gasteiger partial charge in [-0.2, -0.15) is 0 Å². The van der Waals surface area contributed by atoms with Gasteiger partial charge in [0.05, 0.1) is 11.2 Å². The maximum Gasteiger partial charge on any atom is 0.328 e. The van der Waals surface area contributed by atoms with Crippen molar-refractivity contribution in [3.05, 3.63) is 64.3 Å². The van der Waals surface area contributed by atoms with Crippen molar-refractivity contribution >= 4 is 11.5 Å². The fraction of sp³-hybridized carbons (Fsp3) is 0.458. The van der Waals surface area contributed by atoms with Crippen LogP contribution in [0.4, 0.5) is 0 Å². The third-order valence-corrected chi connectivity index (χ3v) is 5.58. The minimum atomic E-state index is -0.904. The first-order valence-electron chi connectivity index (χ1n) is 9.77. The zero-order chi connectivity index (χ0) is 19.8. The molecule has 0 spiro atoms. The van der Waals surface area contributed by atoms with E-state index >= 15 is 0 Å². The fourth-order valence-electron chi connectivity index (χ4n) is 4.42. The molecule has 3 rings (SSSR count). The minimum absolute atomic E-state index is 0.264. The van der Waals surface area contributed by atoms with Crippen molar-refractivity contribution in [2.45, 2.75) is 71.5 Å². The van der Waals surface area contributed by atoms with Crippen molar-refractivity contribution in [2.24, 2.45) is 0 Å². The molecular weight excluding hydrogens is 336 g/mol. The number of carbonyl (C=O) groups is 1. The SMILES string of the molecule is CC(=C/C(=O)O)/C=C/C1=C(c2ccc3c(c2)C(C)(C)OC3(C)C)CCCC1. The van der Waals surface area contributed by atoms with E-state index in [1.807, 2.05) is 13.0 Å². The van der Waals surface area contributed by atoms with E-state index in [0.717, 1.165) is 18.4 Å². The first-order valence-corrected chi connectivity index (χ1v) is 9.77. The number of aliphatic carboxylic acids is 1. The molecule has 0 atom stereocenters. The average molecular weight is 367 g/mol. The molecule has 1 aromatic rings. The first-order chi connectivity index (χ1) is 12.6. The van der Waals surface area contributed by atoms with Crippen LogP contribution in [0.1, 0.15) is 77.0 Å². The Morgan fingerprint density at radius 2 is 1.74 bits per heavy atom. The quantitative estimate of drug-likeness (QED) is 0.517. The molecule has 0 unspecified atom stereocenters. The zero-order valence-electron chi connectivity index (χ0n) is 17.1. The molecule has 2 aliphatic rings. The maximum atomic E-state index is 10.8. The molecule has 1 heterocycles. The van der Waals surface area contributed by atoms with Gasteiger partial charge in [-0.25, -0.2) is 4.79 Å². The van der Waals surface area contributed by atoms with E-state index in [9.17, 15) is 4.79 Å². The minimum Gasteiger partial charge on any atom is -0.478 e. The fourth-order valence-corrected chi connectivity index (χ4v) is 4.42. The second-order valence-electron chi connectivity index (χ2n) is 8.65. The number of benzene rings is 1. The third-order valence-electron chi connectivity index (χ3n) is 5.58. The molecule has 0 bridgehead atoms. The van der Waals surface area contributed by atoms with Gasteiger partial charge in [-0.3, -0.25) is 0 Å². The van der Waals surface area contributed by atoms with Crippen LogP contribution in [0.2, 0.25) is 0 Å². The predicted molar refractivity (Wildman–Crippen MR) is 109 cm³/mol. The highest BCUT2D eigenvalue weighted by atomic mass is 16.5. The van der Waals surface area contributed by atoms with Crippen LogP contribution in [-0.2, 0) is 20.7 Å². The molecule has 3 nitrogen and oxygen atoms in total. The molecule has 1 aliphatic heterocycles. The van der Waals surface area contributed by atoms with Crippen LogP contribution < -0.4 is 0 Å². The van der Waals surface area contributed by atoms with Crippen LogP contribution in [0.25, 0.3) is 5.57 Å². The Bertz CT molecular complexity index is 850. The number of carboxylic acid groups (broad SMARTS) is 1. The molecule has 27 heavy (non-hydrogen) atoms. The summed E-state index contributed by atoms with van der Waals surface area (Å²) in [4.78, 5) is 10.8. The van der Waals surface area contributed by atoms with E-state index < -0.39 is 5.97 Å². The van der Waals surface area contributed by atoms with E-state index in [0.29, 0.717) is 0 Å². The van der Waals surface area contributed by atoms with Gasteiger partial charge in [0.1, 0.15) is 0 Å². The molecule has 0 aromatic heterocycles. The number of carboxylic acids is 1. The summed E-state index contributed by atoms with van der Waals surface area (Å²) in [5.41, 5.74) is 6.70. The number of allylic oxidation sites excluding steroid dienone is 5. The summed E-state index contributed by atoms with van der Waals surface area (Å²) in [5.74, 6) is -0.904. The van der Waals surface area contributed by atoms with Crippen LogP contribution in [0.3, 0.4) is 0 Å². The zero-order valence-corrected chi connectivity index (χ0v) is 17.1. The van der Waals surface area contributed by atoms with Gasteiger partial charge < -0.3 is 9.84 Å². The molecule has 0 radical (unpaired) electrons. The Morgan fingerprint density at radius 1 is 1.07 bits per heavy atom. The average Bonchev–Trinajstić information content (AvgIpc) is 2.77. The molecule has 0 fully saturated rings. The Balaban J connectivity index is 2.02. The highest BCUT2D eigenvalue weighted by molar-refractivity contribution is 5.81. The van der Waals surface area contributed by atoms with E-state index in [-0.39, 0.29) is 11.2 Å². The summed E-state index contributed by atoms with van der Waals surface area (Å²) in [7, 11) is 0. The second-order valence-corrected chi connectivity index (χ2v) is 8.65. The van der Waals surface area contributed by atoms with Gasteiger partial charge >= 0.3 is 5.97 Å². The van der Waals surface area contributed by atoms with E-state index in [1.54, 1.807) is 0 Å². The monoisotopic (exact) mass is 366 g/mol. The van der Waals surface area contributed by atoms with Gasteiger partial charge in [0.15, 0.2) is 0 Å². The topological polar surface area (TPSA) is 46.5 Å². The predicted octanol–water partition coefficient (Wildman–Crippen LogP) is 6.10. The van der Waals surface area contributed by atoms with Gasteiger partial charge in [-0.15, -0.1) is 0 Å². The van der Waals surface area contributed by atoms with Crippen molar-refractivity contribution < 1.29 is 14.6 Å². The molecule has 0 saturated carbocycles. The van der Waals surface area contributed by atoms with Crippen molar-refractivity contribution in [3.8, 4) is 0 Å². The number of fused-ring (bicyclic) bond motifs is 1. The van der Waals surface area contributed by atoms with Crippen molar-refractivity contribution in [1.82, 2.24) is 0 Å². The van der Waals surface area contributed by atoms with Gasteiger partial charge in [0.2, 0.25) is 0 Å². The van der Waals surface area contributed by atoms with E-state index in [4.69, 9.17) is 9.84 Å². The van der Waals surface area contributed by atoms with Gasteiger partial charge in [0.25, 0.3) is 0 Å². The lowest BCUT2D eigenvalue weighted by molar-refractivity contribution is -0.131. The lowest BCUT2D eigenvalue weighted by Gasteiger charge is -2.24. The standard InChI is InChI=1S/C24H30O3/c1-16(14-22(25)26)10-11-17-8-6-7-9-19(17)18-12-13-20-21(15-18)24(4,5)27-23(20,2)3/h10-15H,6-9H2,1-5H3,(H,25,26)/b11-10+,16-14-. The van der Waals surface area contributed by atoms with Crippen molar-refractivity contribution in [3.63, 3.8) is 0 Å². The lowest BCUT2D eigenvalue weighted by atomic mass is 9.83. The lowest BCUT2D eigenvalue weighted by Crippen LogP contribution is -2.22. The summed E-state index contributed by atoms with van der Waals surface area (Å²) in [6.07, 6.45) is 9.73. The largest absolute Gasteiger partial charge is 0.478 e. The Kier molecular flexibility index (Phi) is 5.18. The smallest absolute Gasteiger partial charge is 0.328 e. The highest BCUT2D eigenvalue weighted by Gasteiger charge is 2.42. The number of rotatable bonds is 4. The van der Waals surface area contributed by atoms with Crippen molar-refractivity contribution in [1.29, 1.82) is 0 Å². The number of hydrogen-bond donors (Lipinski definition) is 1. The van der Waals surface area contributed by atoms with Crippen molar-refractivity contribution in [2.75, 3.05) is 0 Å². The Hall–Kier alpha value is -2.13. The Morgan fingerprint density at radius 3 is 2.44 bits per heavy atom. The van der Waals surface area contributed by atoms with Gasteiger partial charge in [-0.05, 0) is 99.8 Å². The van der Waals surface area contributed by atoms with Crippen LogP contribution in [-0.4, -0.2) is 11.1 Å². The van der Waals surface area contributed by atoms with Gasteiger partial charge in [-0.1, -0.05) is 24.3 Å². The normalized spacial score (nSPS) is 21.6. The van der Waals surface area contributed by atoms with Crippen LogP contribution >= 0.6 is 0 Å². The summed E-state index contributed by atoms with van der Waals surface area (Å²) in [6, 6.07) is 6.75. The maximum absolute atomic E-state index is 10.8. The molecular formula is C24H30O3. The van der Waals surface area contributed by atoms with E-state index in [2.05, 4.69) is 52.0 Å². The molecule has 0 amide bonds. The molecule has 1 aromatic carbocycles. The second kappa shape index (κ2) is 7.12. The van der Waals surface area contributed by atoms with Crippen LogP contribution in [0.5, 0.6) is 0 Å². The third kappa shape index (κ3) is 4.08. The summed E-state index contributed by atoms with van der Waals surface area (Å²) >= 11 is 0. The molecule has 3 heteroatoms. The number of ether oxygens (including phenoxy) is 1. The molecule has 1 N–H and O–H groups in total. The number of hydrogen-bond acceptors (Lipinski definition) is 2.